The number of nitrogens with zero attached hydrogens (tertiary/aromatic N) is 8. The second-order valence-corrected chi connectivity index (χ2v) is 10.7. The van der Waals surface area contributed by atoms with Crippen LogP contribution in [0.25, 0.3) is 22.3 Å². The average Bonchev–Trinajstić information content (AvgIpc) is 3.70. The second-order valence-electron chi connectivity index (χ2n) is 9.28. The monoisotopic (exact) mass is 596 g/mol. The van der Waals surface area contributed by atoms with Crippen LogP contribution in [0, 0.1) is 0 Å². The Morgan fingerprint density at radius 2 is 1.39 bits per heavy atom. The van der Waals surface area contributed by atoms with Crippen LogP contribution in [0.5, 0.6) is 0 Å². The summed E-state index contributed by atoms with van der Waals surface area (Å²) in [5.41, 5.74) is 12.5. The van der Waals surface area contributed by atoms with Crippen LogP contribution < -0.4 is 11.5 Å². The van der Waals surface area contributed by atoms with Gasteiger partial charge in [0.05, 0.1) is 25.9 Å². The number of ether oxygens (including phenoxy) is 2. The zero-order chi connectivity index (χ0) is 29.1. The summed E-state index contributed by atoms with van der Waals surface area (Å²) in [6.45, 7) is -1.35. The summed E-state index contributed by atoms with van der Waals surface area (Å²) in [5.74, 6) is 0.161. The number of nitrogen functional groups attached to an aromatic ring is 2. The second kappa shape index (κ2) is 10.4. The molecule has 6 heterocycles. The third-order valence-electron chi connectivity index (χ3n) is 6.81. The van der Waals surface area contributed by atoms with Crippen molar-refractivity contribution in [1.82, 2.24) is 39.0 Å². The quantitative estimate of drug-likeness (QED) is 0.101. The van der Waals surface area contributed by atoms with E-state index in [2.05, 4.69) is 29.9 Å². The van der Waals surface area contributed by atoms with Crippen LogP contribution >= 0.6 is 7.82 Å². The zero-order valence-corrected chi connectivity index (χ0v) is 21.7. The first-order valence-electron chi connectivity index (χ1n) is 12.1. The summed E-state index contributed by atoms with van der Waals surface area (Å²) in [4.78, 5) is 34.6. The Morgan fingerprint density at radius 3 is 1.98 bits per heavy atom. The standard InChI is InChI=1S/C20H25N10O10P/c21-15-9-17(25-3-23-15)29(5-27-9)19-13(34)11(32)8(39-19)2-37-41(35,36)40-14-12(33)7(1-31)38-20(14)30-6-28-10-16(22)24-4-26-18(10)30/h3-8,11-14,19-20,31-34H,1-2H2,(H,35,36)(H2,21,23,25)(H2,22,24,26)/t7-,8-,11-,12-,13-,14-,19-,20-/m1/s1. The van der Waals surface area contributed by atoms with E-state index in [-0.39, 0.29) is 34.0 Å². The molecule has 2 saturated heterocycles. The Morgan fingerprint density at radius 1 is 0.829 bits per heavy atom. The Balaban J connectivity index is 1.18. The molecule has 0 saturated carbocycles. The molecule has 1 unspecified atom stereocenters. The fraction of sp³-hybridized carbons (Fsp3) is 0.500. The van der Waals surface area contributed by atoms with Gasteiger partial charge in [0.25, 0.3) is 0 Å². The number of phosphoric acid groups is 1. The molecule has 0 aliphatic carbocycles. The molecule has 41 heavy (non-hydrogen) atoms. The lowest BCUT2D eigenvalue weighted by atomic mass is 10.1. The highest BCUT2D eigenvalue weighted by atomic mass is 31.2. The number of aromatic nitrogens is 8. The van der Waals surface area contributed by atoms with E-state index in [9.17, 15) is 29.9 Å². The van der Waals surface area contributed by atoms with Gasteiger partial charge < -0.3 is 46.3 Å². The molecular weight excluding hydrogens is 571 g/mol. The van der Waals surface area contributed by atoms with E-state index < -0.39 is 70.1 Å². The van der Waals surface area contributed by atoms with Gasteiger partial charge in [0.15, 0.2) is 35.4 Å². The maximum absolute atomic E-state index is 13.0. The predicted octanol–water partition coefficient (Wildman–Crippen LogP) is -2.80. The van der Waals surface area contributed by atoms with Crippen LogP contribution in [0.2, 0.25) is 0 Å². The van der Waals surface area contributed by atoms with Gasteiger partial charge in [-0.15, -0.1) is 0 Å². The summed E-state index contributed by atoms with van der Waals surface area (Å²) in [7, 11) is -4.99. The van der Waals surface area contributed by atoms with E-state index in [4.69, 9.17) is 30.0 Å². The third-order valence-corrected chi connectivity index (χ3v) is 7.79. The lowest BCUT2D eigenvalue weighted by Gasteiger charge is -2.24. The van der Waals surface area contributed by atoms with Crippen molar-refractivity contribution in [3.8, 4) is 0 Å². The van der Waals surface area contributed by atoms with Crippen molar-refractivity contribution in [3.63, 3.8) is 0 Å². The van der Waals surface area contributed by atoms with Gasteiger partial charge in [0, 0.05) is 0 Å². The number of rotatable bonds is 8. The minimum atomic E-state index is -4.99. The Kier molecular flexibility index (Phi) is 7.06. The largest absolute Gasteiger partial charge is 0.472 e. The molecule has 0 spiro atoms. The Hall–Kier alpha value is -3.43. The van der Waals surface area contributed by atoms with E-state index in [1.165, 1.54) is 34.4 Å². The van der Waals surface area contributed by atoms with Gasteiger partial charge in [-0.05, 0) is 0 Å². The molecule has 6 rings (SSSR count). The summed E-state index contributed by atoms with van der Waals surface area (Å²) in [6, 6.07) is 0. The number of fused-ring (bicyclic) bond motifs is 2. The normalized spacial score (nSPS) is 31.7. The number of aliphatic hydroxyl groups is 4. The van der Waals surface area contributed by atoms with Gasteiger partial charge in [-0.2, -0.15) is 0 Å². The highest BCUT2D eigenvalue weighted by Gasteiger charge is 2.50. The van der Waals surface area contributed by atoms with Crippen molar-refractivity contribution in [1.29, 1.82) is 0 Å². The van der Waals surface area contributed by atoms with Gasteiger partial charge in [-0.1, -0.05) is 0 Å². The minimum Gasteiger partial charge on any atom is -0.394 e. The lowest BCUT2D eigenvalue weighted by Crippen LogP contribution is -2.36. The SMILES string of the molecule is Nc1ncnc2c1ncn2[C@@H]1O[C@H](COP(=O)(O)O[C@@H]2[C@H](O)[C@@H](CO)O[C@H]2n2cnc3c(N)ncnc32)[C@@H](O)[C@H]1O. The molecule has 4 aromatic heterocycles. The predicted molar refractivity (Wildman–Crippen MR) is 133 cm³/mol. The van der Waals surface area contributed by atoms with Crippen molar-refractivity contribution in [2.75, 3.05) is 24.7 Å². The molecule has 2 fully saturated rings. The van der Waals surface area contributed by atoms with Crippen molar-refractivity contribution in [2.45, 2.75) is 49.1 Å². The molecule has 4 aromatic rings. The number of hydrogen-bond donors (Lipinski definition) is 7. The highest BCUT2D eigenvalue weighted by molar-refractivity contribution is 7.47. The maximum atomic E-state index is 13.0. The van der Waals surface area contributed by atoms with Crippen LogP contribution in [0.4, 0.5) is 11.6 Å². The van der Waals surface area contributed by atoms with Crippen LogP contribution in [0.1, 0.15) is 12.5 Å². The fourth-order valence-corrected chi connectivity index (χ4v) is 5.70. The van der Waals surface area contributed by atoms with E-state index in [1.807, 2.05) is 0 Å². The Bertz CT molecular complexity index is 1620. The summed E-state index contributed by atoms with van der Waals surface area (Å²) in [5, 5.41) is 41.5. The van der Waals surface area contributed by atoms with Gasteiger partial charge in [-0.25, -0.2) is 34.5 Å². The molecule has 0 radical (unpaired) electrons. The zero-order valence-electron chi connectivity index (χ0n) is 20.8. The topological polar surface area (TPSA) is 294 Å². The highest BCUT2D eigenvalue weighted by Crippen LogP contribution is 2.50. The lowest BCUT2D eigenvalue weighted by molar-refractivity contribution is -0.0616. The molecular formula is C20H25N10O10P. The van der Waals surface area contributed by atoms with Gasteiger partial charge in [0.1, 0.15) is 60.3 Å². The van der Waals surface area contributed by atoms with Crippen molar-refractivity contribution < 1.29 is 48.4 Å². The Labute approximate surface area is 228 Å². The molecule has 220 valence electrons. The van der Waals surface area contributed by atoms with E-state index >= 15 is 0 Å². The molecule has 21 heteroatoms. The first kappa shape index (κ1) is 27.7. The molecule has 0 bridgehead atoms. The van der Waals surface area contributed by atoms with Gasteiger partial charge >= 0.3 is 7.82 Å². The molecule has 0 amide bonds. The first-order chi connectivity index (χ1) is 19.6. The van der Waals surface area contributed by atoms with Crippen molar-refractivity contribution in [3.05, 3.63) is 25.3 Å². The molecule has 2 aliphatic heterocycles. The molecule has 9 N–H and O–H groups in total. The van der Waals surface area contributed by atoms with Crippen LogP contribution in [-0.2, 0) is 23.1 Å². The first-order valence-corrected chi connectivity index (χ1v) is 13.6. The van der Waals surface area contributed by atoms with Crippen LogP contribution in [-0.4, -0.2) is 114 Å². The number of hydrogen-bond acceptors (Lipinski definition) is 17. The number of aliphatic hydroxyl groups excluding tert-OH is 4. The minimum absolute atomic E-state index is 0.0647. The number of anilines is 2. The molecule has 2 aliphatic rings. The maximum Gasteiger partial charge on any atom is 0.472 e. The average molecular weight is 596 g/mol. The van der Waals surface area contributed by atoms with Crippen molar-refractivity contribution >= 4 is 41.8 Å². The number of phosphoric ester groups is 1. The van der Waals surface area contributed by atoms with Gasteiger partial charge in [-0.3, -0.25) is 18.2 Å². The number of nitrogens with two attached hydrogens (primary N) is 2. The van der Waals surface area contributed by atoms with Gasteiger partial charge in [0.2, 0.25) is 0 Å². The van der Waals surface area contributed by atoms with E-state index in [1.54, 1.807) is 0 Å². The molecule has 20 nitrogen and oxygen atoms in total. The number of imidazole rings is 2. The summed E-state index contributed by atoms with van der Waals surface area (Å²) < 4.78 is 37.3. The molecule has 9 atom stereocenters. The molecule has 0 aromatic carbocycles. The summed E-state index contributed by atoms with van der Waals surface area (Å²) >= 11 is 0. The van der Waals surface area contributed by atoms with Crippen LogP contribution in [0.3, 0.4) is 0 Å². The van der Waals surface area contributed by atoms with E-state index in [0.29, 0.717) is 0 Å². The fourth-order valence-electron chi connectivity index (χ4n) is 4.77. The summed E-state index contributed by atoms with van der Waals surface area (Å²) in [6.07, 6.45) is -6.23. The van der Waals surface area contributed by atoms with E-state index in [0.717, 1.165) is 0 Å². The smallest absolute Gasteiger partial charge is 0.394 e. The van der Waals surface area contributed by atoms with Crippen molar-refractivity contribution in [2.24, 2.45) is 0 Å². The third kappa shape index (κ3) is 4.78. The van der Waals surface area contributed by atoms with Crippen LogP contribution in [0.15, 0.2) is 25.3 Å².